The Morgan fingerprint density at radius 3 is 2.34 bits per heavy atom. The molecule has 0 aliphatic heterocycles. The topological polar surface area (TPSA) is 157 Å². The predicted molar refractivity (Wildman–Crippen MR) is 194 cm³/mol. The standard InChI is InChI=1S/C38H44AsClN3O7/c1-25-29(6-3-7-33(25)34-8-4-9-36(26(34)2)48-11-5-10-39-15-32(47)22-46)24-50-38-14-37(49-23-28-12-27(16-41)17-42-18-28)30(13-35(38)40)19-43-31(20-44)21-45/h3-4,6-9,12-14,17-18,31-32,43-47H,5,10-11,15,19-24H2,1-2H3/t32-/m1/s1. The van der Waals surface area contributed by atoms with E-state index in [1.807, 2.05) is 24.3 Å². The first-order valence-corrected chi connectivity index (χ1v) is 19.4. The summed E-state index contributed by atoms with van der Waals surface area (Å²) < 4.78 is 18.6. The fourth-order valence-electron chi connectivity index (χ4n) is 5.20. The molecule has 0 fully saturated rings. The van der Waals surface area contributed by atoms with Crippen LogP contribution >= 0.6 is 11.6 Å². The van der Waals surface area contributed by atoms with E-state index in [4.69, 9.17) is 30.9 Å². The Kier molecular flexibility index (Phi) is 15.9. The second-order valence-corrected chi connectivity index (χ2v) is 14.8. The summed E-state index contributed by atoms with van der Waals surface area (Å²) in [5.74, 6) is 1.76. The van der Waals surface area contributed by atoms with E-state index in [1.54, 1.807) is 24.4 Å². The molecule has 0 saturated heterocycles. The number of ether oxygens (including phenoxy) is 3. The van der Waals surface area contributed by atoms with Crippen LogP contribution in [0.2, 0.25) is 15.4 Å². The van der Waals surface area contributed by atoms with Crippen molar-refractivity contribution in [1.29, 1.82) is 5.26 Å². The number of aromatic nitrogens is 1. The summed E-state index contributed by atoms with van der Waals surface area (Å²) >= 11 is 6.70. The number of hydrogen-bond donors (Lipinski definition) is 5. The van der Waals surface area contributed by atoms with Crippen LogP contribution in [0.15, 0.2) is 67.0 Å². The number of nitrogens with zero attached hydrogens (tertiary/aromatic N) is 2. The summed E-state index contributed by atoms with van der Waals surface area (Å²) in [6.45, 7) is 4.75. The number of benzene rings is 3. The number of halogens is 1. The van der Waals surface area contributed by atoms with Crippen molar-refractivity contribution in [3.63, 3.8) is 0 Å². The molecule has 3 aromatic carbocycles. The van der Waals surface area contributed by atoms with Crippen LogP contribution in [-0.2, 0) is 19.8 Å². The molecular weight excluding hydrogens is 721 g/mol. The van der Waals surface area contributed by atoms with Gasteiger partial charge in [0.2, 0.25) is 0 Å². The van der Waals surface area contributed by atoms with Gasteiger partial charge in [-0.3, -0.25) is 4.98 Å². The van der Waals surface area contributed by atoms with Crippen molar-refractivity contribution in [2.75, 3.05) is 26.4 Å². The number of aliphatic hydroxyl groups is 4. The van der Waals surface area contributed by atoms with Gasteiger partial charge in [-0.1, -0.05) is 11.6 Å². The molecule has 0 aliphatic carbocycles. The van der Waals surface area contributed by atoms with Gasteiger partial charge in [0.05, 0.1) is 29.8 Å². The van der Waals surface area contributed by atoms with E-state index in [0.29, 0.717) is 39.5 Å². The van der Waals surface area contributed by atoms with Gasteiger partial charge in [0.15, 0.2) is 0 Å². The van der Waals surface area contributed by atoms with Gasteiger partial charge in [-0.2, -0.15) is 5.26 Å². The van der Waals surface area contributed by atoms with Gasteiger partial charge in [-0.25, -0.2) is 0 Å². The van der Waals surface area contributed by atoms with Crippen LogP contribution in [0.5, 0.6) is 17.2 Å². The van der Waals surface area contributed by atoms with Crippen molar-refractivity contribution in [1.82, 2.24) is 10.3 Å². The average Bonchev–Trinajstić information content (AvgIpc) is 3.13. The maximum absolute atomic E-state index is 9.55. The molecule has 0 bridgehead atoms. The van der Waals surface area contributed by atoms with E-state index in [0.717, 1.165) is 50.8 Å². The Labute approximate surface area is 305 Å². The van der Waals surface area contributed by atoms with Crippen LogP contribution in [0.25, 0.3) is 11.1 Å². The number of hydrogen-bond acceptors (Lipinski definition) is 10. The maximum atomic E-state index is 9.55. The zero-order valence-corrected chi connectivity index (χ0v) is 30.9. The first kappa shape index (κ1) is 39.1. The van der Waals surface area contributed by atoms with Crippen LogP contribution < -0.4 is 19.5 Å². The molecule has 4 rings (SSSR count). The summed E-state index contributed by atoms with van der Waals surface area (Å²) in [6, 6.07) is 18.9. The molecule has 0 amide bonds. The van der Waals surface area contributed by atoms with Gasteiger partial charge in [-0.15, -0.1) is 0 Å². The van der Waals surface area contributed by atoms with Gasteiger partial charge in [0.1, 0.15) is 24.2 Å². The van der Waals surface area contributed by atoms with Crippen LogP contribution in [0, 0.1) is 25.2 Å². The molecule has 1 aromatic heterocycles. The zero-order chi connectivity index (χ0) is 35.9. The van der Waals surface area contributed by atoms with Crippen molar-refractivity contribution in [2.45, 2.75) is 62.6 Å². The first-order chi connectivity index (χ1) is 24.3. The third kappa shape index (κ3) is 11.2. The molecular formula is C38H44AsClN3O7. The van der Waals surface area contributed by atoms with Gasteiger partial charge in [0, 0.05) is 36.1 Å². The van der Waals surface area contributed by atoms with Gasteiger partial charge in [-0.05, 0) is 12.1 Å². The minimum absolute atomic E-state index is 0.0120. The Morgan fingerprint density at radius 2 is 1.60 bits per heavy atom. The van der Waals surface area contributed by atoms with Crippen molar-refractivity contribution < 1.29 is 34.6 Å². The molecule has 50 heavy (non-hydrogen) atoms. The molecule has 12 heteroatoms. The van der Waals surface area contributed by atoms with Gasteiger partial charge < -0.3 is 20.3 Å². The molecule has 0 spiro atoms. The molecule has 1 radical (unpaired) electrons. The molecule has 10 nitrogen and oxygen atoms in total. The van der Waals surface area contributed by atoms with E-state index >= 15 is 0 Å². The fraction of sp³-hybridized carbons (Fsp3) is 0.368. The summed E-state index contributed by atoms with van der Waals surface area (Å²) in [7, 11) is 0. The second-order valence-electron chi connectivity index (χ2n) is 11.8. The molecule has 4 aromatic rings. The number of rotatable bonds is 20. The van der Waals surface area contributed by atoms with Crippen molar-refractivity contribution >= 4 is 27.4 Å². The van der Waals surface area contributed by atoms with Crippen LogP contribution in [0.3, 0.4) is 0 Å². The number of nitrogens with one attached hydrogen (secondary N) is 1. The zero-order valence-electron chi connectivity index (χ0n) is 28.3. The molecule has 1 atom stereocenters. The molecule has 265 valence electrons. The Hall–Kier alpha value is -3.65. The summed E-state index contributed by atoms with van der Waals surface area (Å²) in [5.41, 5.74) is 7.10. The van der Waals surface area contributed by atoms with E-state index in [2.05, 4.69) is 42.4 Å². The van der Waals surface area contributed by atoms with Crippen molar-refractivity contribution in [3.05, 3.63) is 105 Å². The van der Waals surface area contributed by atoms with E-state index in [-0.39, 0.29) is 55.3 Å². The van der Waals surface area contributed by atoms with E-state index < -0.39 is 12.1 Å². The van der Waals surface area contributed by atoms with Crippen LogP contribution in [0.4, 0.5) is 0 Å². The van der Waals surface area contributed by atoms with Crippen molar-refractivity contribution in [2.24, 2.45) is 0 Å². The van der Waals surface area contributed by atoms with E-state index in [9.17, 15) is 20.6 Å². The third-order valence-corrected chi connectivity index (χ3v) is 11.2. The Morgan fingerprint density at radius 1 is 0.860 bits per heavy atom. The fourth-order valence-corrected chi connectivity index (χ4v) is 7.43. The molecule has 0 aliphatic rings. The van der Waals surface area contributed by atoms with Crippen LogP contribution in [-0.4, -0.2) is 79.7 Å². The van der Waals surface area contributed by atoms with Gasteiger partial charge in [0.25, 0.3) is 0 Å². The molecule has 0 unspecified atom stereocenters. The number of pyridine rings is 1. The number of aliphatic hydroxyl groups excluding tert-OH is 4. The Balaban J connectivity index is 1.49. The summed E-state index contributed by atoms with van der Waals surface area (Å²) in [6.07, 6.45) is 3.41. The second kappa shape index (κ2) is 20.3. The molecule has 1 heterocycles. The first-order valence-electron chi connectivity index (χ1n) is 16.4. The minimum atomic E-state index is -0.613. The normalized spacial score (nSPS) is 12.0. The summed E-state index contributed by atoms with van der Waals surface area (Å²) in [5, 5.41) is 52.0. The third-order valence-electron chi connectivity index (χ3n) is 8.13. The van der Waals surface area contributed by atoms with Gasteiger partial charge >= 0.3 is 162 Å². The Bertz CT molecular complexity index is 1730. The monoisotopic (exact) mass is 764 g/mol. The quantitative estimate of drug-likeness (QED) is 0.0602. The SMILES string of the molecule is Cc1c(COc2cc(OCc3cncc(C#N)c3)c(CNC(CO)CO)cc2Cl)cccc1-c1cccc(OCCC[As]C[C@@H](O)CO)c1C. The summed E-state index contributed by atoms with van der Waals surface area (Å²) in [4.78, 5) is 4.11. The van der Waals surface area contributed by atoms with Crippen LogP contribution in [0.1, 0.15) is 39.8 Å². The predicted octanol–water partition coefficient (Wildman–Crippen LogP) is 5.15. The molecule has 0 saturated carbocycles. The van der Waals surface area contributed by atoms with E-state index in [1.165, 1.54) is 6.20 Å². The average molecular weight is 765 g/mol. The molecule has 5 N–H and O–H groups in total. The van der Waals surface area contributed by atoms with Crippen molar-refractivity contribution in [3.8, 4) is 34.4 Å². The number of nitriles is 1.